The summed E-state index contributed by atoms with van der Waals surface area (Å²) in [6.45, 7) is -3.28. The van der Waals surface area contributed by atoms with Gasteiger partial charge in [-0.2, -0.15) is 0 Å². The van der Waals surface area contributed by atoms with E-state index < -0.39 is 12.4 Å². The van der Waals surface area contributed by atoms with Crippen molar-refractivity contribution in [3.63, 3.8) is 0 Å². The van der Waals surface area contributed by atoms with E-state index in [0.29, 0.717) is 12.0 Å². The summed E-state index contributed by atoms with van der Waals surface area (Å²) in [5.74, 6) is -0.112. The molecule has 0 aliphatic carbocycles. The van der Waals surface area contributed by atoms with Gasteiger partial charge in [-0.25, -0.2) is 0 Å². The van der Waals surface area contributed by atoms with Crippen LogP contribution in [0.4, 0.5) is 12.9 Å². The Labute approximate surface area is 164 Å². The second-order valence-electron chi connectivity index (χ2n) is 4.54. The van der Waals surface area contributed by atoms with Gasteiger partial charge in [0.05, 0.1) is 12.4 Å². The Kier molecular flexibility index (Phi) is 7.43. The van der Waals surface area contributed by atoms with Gasteiger partial charge in [-0.15, -0.1) is 0 Å². The third kappa shape index (κ3) is 5.75. The summed E-state index contributed by atoms with van der Waals surface area (Å²) in [6.07, 6.45) is 2.12. The fourth-order valence-electron chi connectivity index (χ4n) is 1.87. The third-order valence-corrected chi connectivity index (χ3v) is 2.86. The molecule has 1 aromatic carbocycles. The van der Waals surface area contributed by atoms with Crippen molar-refractivity contribution in [2.45, 2.75) is 13.3 Å². The molecule has 106 valence electrons. The standard InChI is InChI=1S/C14H14BF3NO.K/c1-11-5-6-14(13(10-11)15(16,17)18)20-9-7-12-4-2-3-8-19-12;/h2-6,8,10H,7,9H2,1H3;/q-1;+1. The van der Waals surface area contributed by atoms with Gasteiger partial charge in [0.1, 0.15) is 0 Å². The number of aromatic nitrogens is 1. The first kappa shape index (κ1) is 18.7. The van der Waals surface area contributed by atoms with Gasteiger partial charge in [-0.3, -0.25) is 4.98 Å². The van der Waals surface area contributed by atoms with Crippen LogP contribution in [0.15, 0.2) is 42.6 Å². The van der Waals surface area contributed by atoms with Gasteiger partial charge < -0.3 is 17.7 Å². The van der Waals surface area contributed by atoms with Crippen LogP contribution in [0.1, 0.15) is 11.3 Å². The zero-order valence-corrected chi connectivity index (χ0v) is 15.1. The van der Waals surface area contributed by atoms with Gasteiger partial charge >= 0.3 is 58.4 Å². The second kappa shape index (κ2) is 8.33. The maximum atomic E-state index is 12.9. The average molecular weight is 319 g/mol. The van der Waals surface area contributed by atoms with E-state index in [1.54, 1.807) is 25.3 Å². The molecule has 0 saturated heterocycles. The maximum Gasteiger partial charge on any atom is 1.00 e. The molecule has 1 aromatic heterocycles. The SMILES string of the molecule is Cc1ccc(OCCc2ccccn2)c([B-](F)(F)F)c1.[K+]. The third-order valence-electron chi connectivity index (χ3n) is 2.86. The summed E-state index contributed by atoms with van der Waals surface area (Å²) >= 11 is 0. The molecular weight excluding hydrogens is 305 g/mol. The van der Waals surface area contributed by atoms with Crippen LogP contribution in [0.5, 0.6) is 5.75 Å². The number of ether oxygens (including phenoxy) is 1. The Morgan fingerprint density at radius 2 is 1.90 bits per heavy atom. The number of halogens is 3. The van der Waals surface area contributed by atoms with E-state index in [9.17, 15) is 12.9 Å². The summed E-state index contributed by atoms with van der Waals surface area (Å²) in [5.41, 5.74) is 0.681. The van der Waals surface area contributed by atoms with E-state index in [4.69, 9.17) is 4.74 Å². The topological polar surface area (TPSA) is 22.1 Å². The van der Waals surface area contributed by atoms with Crippen molar-refractivity contribution in [1.29, 1.82) is 0 Å². The van der Waals surface area contributed by atoms with Gasteiger partial charge in [-0.1, -0.05) is 29.2 Å². The number of rotatable bonds is 5. The molecule has 2 nitrogen and oxygen atoms in total. The minimum Gasteiger partial charge on any atom is -0.496 e. The van der Waals surface area contributed by atoms with E-state index >= 15 is 0 Å². The molecule has 0 aliphatic heterocycles. The van der Waals surface area contributed by atoms with E-state index in [1.807, 2.05) is 12.1 Å². The minimum atomic E-state index is -5.07. The van der Waals surface area contributed by atoms with Crippen LogP contribution < -0.4 is 61.6 Å². The largest absolute Gasteiger partial charge is 1.00 e. The molecule has 0 unspecified atom stereocenters. The van der Waals surface area contributed by atoms with Crippen LogP contribution in [-0.4, -0.2) is 18.6 Å². The van der Waals surface area contributed by atoms with Crippen LogP contribution in [0, 0.1) is 6.92 Å². The maximum absolute atomic E-state index is 12.9. The molecule has 0 fully saturated rings. The summed E-state index contributed by atoms with van der Waals surface area (Å²) in [5, 5.41) is 0. The van der Waals surface area contributed by atoms with Crippen LogP contribution in [0.3, 0.4) is 0 Å². The molecule has 0 amide bonds. The zero-order chi connectivity index (χ0) is 14.6. The summed E-state index contributed by atoms with van der Waals surface area (Å²) < 4.78 is 44.1. The molecule has 0 atom stereocenters. The van der Waals surface area contributed by atoms with Gasteiger partial charge in [0.15, 0.2) is 0 Å². The Morgan fingerprint density at radius 3 is 2.52 bits per heavy atom. The zero-order valence-electron chi connectivity index (χ0n) is 12.0. The molecule has 0 bridgehead atoms. The van der Waals surface area contributed by atoms with Crippen molar-refractivity contribution in [1.82, 2.24) is 4.98 Å². The molecule has 0 aliphatic rings. The first-order valence-electron chi connectivity index (χ1n) is 6.30. The molecule has 0 radical (unpaired) electrons. The Bertz CT molecular complexity index is 578. The van der Waals surface area contributed by atoms with Crippen molar-refractivity contribution in [3.8, 4) is 5.75 Å². The number of nitrogens with zero attached hydrogens (tertiary/aromatic N) is 1. The number of pyridine rings is 1. The van der Waals surface area contributed by atoms with E-state index in [-0.39, 0.29) is 63.7 Å². The molecule has 21 heavy (non-hydrogen) atoms. The molecule has 0 saturated carbocycles. The number of hydrogen-bond acceptors (Lipinski definition) is 2. The van der Waals surface area contributed by atoms with E-state index in [2.05, 4.69) is 4.98 Å². The Morgan fingerprint density at radius 1 is 1.14 bits per heavy atom. The molecule has 2 rings (SSSR count). The second-order valence-corrected chi connectivity index (χ2v) is 4.54. The van der Waals surface area contributed by atoms with Crippen molar-refractivity contribution in [3.05, 3.63) is 53.9 Å². The number of benzene rings is 1. The normalized spacial score (nSPS) is 10.9. The van der Waals surface area contributed by atoms with Crippen LogP contribution in [0.25, 0.3) is 0 Å². The van der Waals surface area contributed by atoms with Gasteiger partial charge in [0, 0.05) is 18.3 Å². The molecule has 7 heteroatoms. The van der Waals surface area contributed by atoms with Crippen molar-refractivity contribution >= 4 is 12.4 Å². The molecule has 0 N–H and O–H groups in total. The fraction of sp³-hybridized carbons (Fsp3) is 0.214. The number of aryl methyl sites for hydroxylation is 1. The summed E-state index contributed by atoms with van der Waals surface area (Å²) in [7, 11) is 0. The monoisotopic (exact) mass is 319 g/mol. The van der Waals surface area contributed by atoms with Crippen molar-refractivity contribution < 1.29 is 69.1 Å². The predicted octanol–water partition coefficient (Wildman–Crippen LogP) is 0.0699. The first-order valence-corrected chi connectivity index (χ1v) is 6.30. The molecule has 0 spiro atoms. The van der Waals surface area contributed by atoms with Crippen LogP contribution in [-0.2, 0) is 6.42 Å². The summed E-state index contributed by atoms with van der Waals surface area (Å²) in [4.78, 5) is 4.10. The Hall–Kier alpha value is -0.339. The average Bonchev–Trinajstić information content (AvgIpc) is 2.40. The van der Waals surface area contributed by atoms with E-state index in [1.165, 1.54) is 6.07 Å². The molecule has 2 aromatic rings. The fourth-order valence-corrected chi connectivity index (χ4v) is 1.87. The number of hydrogen-bond donors (Lipinski definition) is 0. The van der Waals surface area contributed by atoms with Crippen LogP contribution in [0.2, 0.25) is 0 Å². The van der Waals surface area contributed by atoms with Gasteiger partial charge in [0.25, 0.3) is 0 Å². The first-order chi connectivity index (χ1) is 9.47. The van der Waals surface area contributed by atoms with Crippen LogP contribution >= 0.6 is 0 Å². The smallest absolute Gasteiger partial charge is 0.496 e. The molecule has 1 heterocycles. The quantitative estimate of drug-likeness (QED) is 0.728. The Balaban J connectivity index is 0.00000220. The van der Waals surface area contributed by atoms with E-state index in [0.717, 1.165) is 11.8 Å². The van der Waals surface area contributed by atoms with Crippen molar-refractivity contribution in [2.75, 3.05) is 6.61 Å². The minimum absolute atomic E-state index is 0. The van der Waals surface area contributed by atoms with Gasteiger partial charge in [0.2, 0.25) is 0 Å². The van der Waals surface area contributed by atoms with Crippen molar-refractivity contribution in [2.24, 2.45) is 0 Å². The summed E-state index contributed by atoms with van der Waals surface area (Å²) in [6, 6.07) is 9.54. The molecular formula is C14H14BF3KNO. The van der Waals surface area contributed by atoms with Gasteiger partial charge in [-0.05, 0) is 25.1 Å². The predicted molar refractivity (Wildman–Crippen MR) is 73.3 cm³/mol.